The van der Waals surface area contributed by atoms with Gasteiger partial charge in [0.1, 0.15) is 22.3 Å². The summed E-state index contributed by atoms with van der Waals surface area (Å²) >= 11 is 0. The number of rotatable bonds is 6. The Bertz CT molecular complexity index is 3540. The summed E-state index contributed by atoms with van der Waals surface area (Å²) in [4.78, 5) is 2.31. The van der Waals surface area contributed by atoms with Gasteiger partial charge in [-0.1, -0.05) is 158 Å². The van der Waals surface area contributed by atoms with Gasteiger partial charge in [0.2, 0.25) is 0 Å². The lowest BCUT2D eigenvalue weighted by Crippen LogP contribution is -2.09. The van der Waals surface area contributed by atoms with E-state index in [1.54, 1.807) is 0 Å². The van der Waals surface area contributed by atoms with E-state index in [0.29, 0.717) is 0 Å². The molecule has 10 aromatic carbocycles. The quantitative estimate of drug-likeness (QED) is 0.169. The molecule has 0 fully saturated rings. The minimum atomic E-state index is 0.847. The molecule has 12 aromatic rings. The largest absolute Gasteiger partial charge is 0.455 e. The van der Waals surface area contributed by atoms with E-state index in [-0.39, 0.29) is 0 Å². The van der Waals surface area contributed by atoms with Crippen LogP contribution in [0.2, 0.25) is 0 Å². The van der Waals surface area contributed by atoms with E-state index >= 15 is 0 Å². The summed E-state index contributed by atoms with van der Waals surface area (Å²) in [5.41, 5.74) is 13.4. The summed E-state index contributed by atoms with van der Waals surface area (Å²) in [7, 11) is 0. The van der Waals surface area contributed by atoms with Crippen LogP contribution in [0.4, 0.5) is 17.1 Å². The fraction of sp³-hybridized carbons (Fsp3) is 0. The fourth-order valence-corrected chi connectivity index (χ4v) is 8.93. The zero-order valence-corrected chi connectivity index (χ0v) is 32.0. The van der Waals surface area contributed by atoms with E-state index in [1.807, 2.05) is 6.07 Å². The first-order chi connectivity index (χ1) is 29.2. The van der Waals surface area contributed by atoms with Crippen molar-refractivity contribution in [2.75, 3.05) is 4.90 Å². The van der Waals surface area contributed by atoms with Gasteiger partial charge in [-0.05, 0) is 86.9 Å². The second kappa shape index (κ2) is 13.4. The Hall–Kier alpha value is -7.88. The molecule has 0 unspecified atom stereocenters. The Morgan fingerprint density at radius 3 is 1.56 bits per heavy atom. The average molecular weight is 754 g/mol. The first kappa shape index (κ1) is 33.3. The van der Waals surface area contributed by atoms with Crippen molar-refractivity contribution < 1.29 is 8.83 Å². The molecule has 3 nitrogen and oxygen atoms in total. The maximum atomic E-state index is 6.75. The van der Waals surface area contributed by atoms with Gasteiger partial charge in [-0.3, -0.25) is 0 Å². The standard InChI is InChI=1S/C56H35NO2/c1-2-11-38(12-3-1)47-16-8-18-50-49-33-31-45(35-53(49)58-54(47)50)57(43-27-22-37(23-28-43)42-21-20-36-10-4-5-14-41(36)34-42)44-29-24-40(25-30-44)48-17-9-19-51-52-32-26-39-13-6-7-15-46(39)56(52)59-55(48)51/h1-35H. The van der Waals surface area contributed by atoms with Crippen LogP contribution in [0.5, 0.6) is 0 Å². The summed E-state index contributed by atoms with van der Waals surface area (Å²) in [6.45, 7) is 0. The first-order valence-electron chi connectivity index (χ1n) is 20.1. The third-order valence-corrected chi connectivity index (χ3v) is 11.9. The van der Waals surface area contributed by atoms with E-state index in [0.717, 1.165) is 88.6 Å². The van der Waals surface area contributed by atoms with Crippen LogP contribution in [-0.2, 0) is 0 Å². The van der Waals surface area contributed by atoms with Gasteiger partial charge in [-0.15, -0.1) is 0 Å². The molecule has 276 valence electrons. The van der Waals surface area contributed by atoms with Gasteiger partial charge in [0, 0.05) is 61.2 Å². The van der Waals surface area contributed by atoms with Crippen molar-refractivity contribution in [1.82, 2.24) is 0 Å². The average Bonchev–Trinajstić information content (AvgIpc) is 3.88. The van der Waals surface area contributed by atoms with Crippen LogP contribution in [0, 0.1) is 0 Å². The second-order valence-corrected chi connectivity index (χ2v) is 15.3. The molecule has 0 saturated carbocycles. The molecule has 0 atom stereocenters. The molecule has 0 aliphatic rings. The van der Waals surface area contributed by atoms with Crippen molar-refractivity contribution in [2.45, 2.75) is 0 Å². The van der Waals surface area contributed by atoms with Crippen LogP contribution in [-0.4, -0.2) is 0 Å². The number of hydrogen-bond donors (Lipinski definition) is 0. The topological polar surface area (TPSA) is 29.5 Å². The van der Waals surface area contributed by atoms with E-state index in [4.69, 9.17) is 8.83 Å². The van der Waals surface area contributed by atoms with Crippen molar-refractivity contribution in [3.05, 3.63) is 212 Å². The summed E-state index contributed by atoms with van der Waals surface area (Å²) in [5, 5.41) is 9.23. The molecule has 2 heterocycles. The highest BCUT2D eigenvalue weighted by Gasteiger charge is 2.19. The zero-order chi connectivity index (χ0) is 38.9. The highest BCUT2D eigenvalue weighted by atomic mass is 16.3. The monoisotopic (exact) mass is 753 g/mol. The lowest BCUT2D eigenvalue weighted by atomic mass is 10.00. The lowest BCUT2D eigenvalue weighted by molar-refractivity contribution is 0.670. The highest BCUT2D eigenvalue weighted by Crippen LogP contribution is 2.43. The van der Waals surface area contributed by atoms with Crippen LogP contribution in [0.1, 0.15) is 0 Å². The third-order valence-electron chi connectivity index (χ3n) is 11.9. The van der Waals surface area contributed by atoms with Gasteiger partial charge in [0.25, 0.3) is 0 Å². The molecule has 0 bridgehead atoms. The molecule has 0 N–H and O–H groups in total. The van der Waals surface area contributed by atoms with E-state index < -0.39 is 0 Å². The normalized spacial score (nSPS) is 11.7. The van der Waals surface area contributed by atoms with Crippen LogP contribution < -0.4 is 4.90 Å². The maximum absolute atomic E-state index is 6.75. The van der Waals surface area contributed by atoms with Gasteiger partial charge in [-0.2, -0.15) is 0 Å². The fourth-order valence-electron chi connectivity index (χ4n) is 8.93. The molecule has 0 aliphatic carbocycles. The number of para-hydroxylation sites is 2. The van der Waals surface area contributed by atoms with Crippen molar-refractivity contribution >= 4 is 82.5 Å². The molecule has 3 heteroatoms. The number of hydrogen-bond acceptors (Lipinski definition) is 3. The Morgan fingerprint density at radius 1 is 0.271 bits per heavy atom. The number of benzene rings is 10. The Kier molecular flexibility index (Phi) is 7.54. The van der Waals surface area contributed by atoms with Crippen molar-refractivity contribution in [3.63, 3.8) is 0 Å². The van der Waals surface area contributed by atoms with Gasteiger partial charge >= 0.3 is 0 Å². The van der Waals surface area contributed by atoms with E-state index in [2.05, 4.69) is 211 Å². The van der Waals surface area contributed by atoms with Crippen molar-refractivity contribution in [1.29, 1.82) is 0 Å². The molecular weight excluding hydrogens is 719 g/mol. The number of fused-ring (bicyclic) bond motifs is 9. The summed E-state index contributed by atoms with van der Waals surface area (Å²) in [6.07, 6.45) is 0. The van der Waals surface area contributed by atoms with Gasteiger partial charge in [0.05, 0.1) is 0 Å². The van der Waals surface area contributed by atoms with Crippen LogP contribution in [0.25, 0.3) is 98.8 Å². The molecular formula is C56H35NO2. The Balaban J connectivity index is 0.979. The highest BCUT2D eigenvalue weighted by molar-refractivity contribution is 6.17. The Labute approximate surface area is 340 Å². The van der Waals surface area contributed by atoms with Gasteiger partial charge < -0.3 is 13.7 Å². The van der Waals surface area contributed by atoms with Crippen LogP contribution in [0.15, 0.2) is 221 Å². The number of anilines is 3. The van der Waals surface area contributed by atoms with Crippen molar-refractivity contribution in [2.24, 2.45) is 0 Å². The van der Waals surface area contributed by atoms with Gasteiger partial charge in [0.15, 0.2) is 0 Å². The van der Waals surface area contributed by atoms with E-state index in [1.165, 1.54) is 27.3 Å². The third kappa shape index (κ3) is 5.51. The van der Waals surface area contributed by atoms with Gasteiger partial charge in [-0.25, -0.2) is 0 Å². The molecule has 0 saturated heterocycles. The minimum absolute atomic E-state index is 0.847. The predicted molar refractivity (Wildman–Crippen MR) is 247 cm³/mol. The molecule has 12 rings (SSSR count). The predicted octanol–water partition coefficient (Wildman–Crippen LogP) is 16.3. The Morgan fingerprint density at radius 2 is 0.797 bits per heavy atom. The van der Waals surface area contributed by atoms with E-state index in [9.17, 15) is 0 Å². The number of nitrogens with zero attached hydrogens (tertiary/aromatic N) is 1. The van der Waals surface area contributed by atoms with Crippen LogP contribution in [0.3, 0.4) is 0 Å². The SMILES string of the molecule is c1ccc(-c2cccc3c2oc2cc(N(c4ccc(-c5ccc6ccccc6c5)cc4)c4ccc(-c5cccc6c5oc5c7ccccc7ccc65)cc4)ccc23)cc1. The molecule has 2 aromatic heterocycles. The maximum Gasteiger partial charge on any atom is 0.143 e. The summed E-state index contributed by atoms with van der Waals surface area (Å²) < 4.78 is 13.5. The smallest absolute Gasteiger partial charge is 0.143 e. The lowest BCUT2D eigenvalue weighted by Gasteiger charge is -2.26. The van der Waals surface area contributed by atoms with Crippen LogP contribution >= 0.6 is 0 Å². The minimum Gasteiger partial charge on any atom is -0.455 e. The molecule has 0 spiro atoms. The molecule has 0 amide bonds. The molecule has 59 heavy (non-hydrogen) atoms. The van der Waals surface area contributed by atoms with Crippen molar-refractivity contribution in [3.8, 4) is 33.4 Å². The summed E-state index contributed by atoms with van der Waals surface area (Å²) in [5.74, 6) is 0. The summed E-state index contributed by atoms with van der Waals surface area (Å²) in [6, 6.07) is 75.6. The molecule has 0 aliphatic heterocycles. The second-order valence-electron chi connectivity index (χ2n) is 15.3. The molecule has 0 radical (unpaired) electrons. The zero-order valence-electron chi connectivity index (χ0n) is 32.0. The number of furan rings is 2. The first-order valence-corrected chi connectivity index (χ1v) is 20.1.